The Bertz CT molecular complexity index is 780. The number of aryl methyl sites for hydroxylation is 1. The number of nitriles is 1. The third kappa shape index (κ3) is 2.31. The minimum atomic E-state index is 0.639. The first-order valence-electron chi connectivity index (χ1n) is 6.30. The average Bonchev–Trinajstić information content (AvgIpc) is 2.88. The first-order chi connectivity index (χ1) is 9.76. The monoisotopic (exact) mass is 263 g/mol. The summed E-state index contributed by atoms with van der Waals surface area (Å²) in [5.41, 5.74) is 3.74. The van der Waals surface area contributed by atoms with Gasteiger partial charge < -0.3 is 5.32 Å². The van der Waals surface area contributed by atoms with Gasteiger partial charge in [-0.15, -0.1) is 10.2 Å². The smallest absolute Gasteiger partial charge is 0.229 e. The van der Waals surface area contributed by atoms with E-state index in [-0.39, 0.29) is 0 Å². The van der Waals surface area contributed by atoms with Gasteiger partial charge in [-0.1, -0.05) is 12.1 Å². The molecule has 0 radical (unpaired) electrons. The SMILES string of the molecule is Cc1ccn2c(NCc3ccc(C#N)cc3)nnc2c1. The van der Waals surface area contributed by atoms with Crippen molar-refractivity contribution in [3.63, 3.8) is 0 Å². The van der Waals surface area contributed by atoms with Crippen molar-refractivity contribution < 1.29 is 0 Å². The van der Waals surface area contributed by atoms with Gasteiger partial charge in [-0.25, -0.2) is 0 Å². The number of anilines is 1. The summed E-state index contributed by atoms with van der Waals surface area (Å²) in [6.07, 6.45) is 1.95. The van der Waals surface area contributed by atoms with Crippen molar-refractivity contribution >= 4 is 11.6 Å². The van der Waals surface area contributed by atoms with Crippen molar-refractivity contribution in [3.05, 3.63) is 59.3 Å². The molecule has 0 aliphatic carbocycles. The molecule has 0 atom stereocenters. The average molecular weight is 263 g/mol. The Morgan fingerprint density at radius 2 is 2.00 bits per heavy atom. The van der Waals surface area contributed by atoms with E-state index in [0.29, 0.717) is 18.1 Å². The Kier molecular flexibility index (Phi) is 3.05. The van der Waals surface area contributed by atoms with E-state index in [9.17, 15) is 0 Å². The molecule has 0 bridgehead atoms. The second-order valence-electron chi connectivity index (χ2n) is 4.62. The Balaban J connectivity index is 1.78. The van der Waals surface area contributed by atoms with Gasteiger partial charge in [0.1, 0.15) is 0 Å². The normalized spacial score (nSPS) is 10.4. The molecule has 98 valence electrons. The molecule has 0 amide bonds. The van der Waals surface area contributed by atoms with Crippen molar-refractivity contribution in [1.82, 2.24) is 14.6 Å². The lowest BCUT2D eigenvalue weighted by molar-refractivity contribution is 1.03. The highest BCUT2D eigenvalue weighted by molar-refractivity contribution is 5.47. The molecule has 3 rings (SSSR count). The summed E-state index contributed by atoms with van der Waals surface area (Å²) in [4.78, 5) is 0. The van der Waals surface area contributed by atoms with Crippen molar-refractivity contribution in [2.75, 3.05) is 5.32 Å². The van der Waals surface area contributed by atoms with E-state index < -0.39 is 0 Å². The molecule has 1 aromatic carbocycles. The standard InChI is InChI=1S/C15H13N5/c1-11-6-7-20-14(8-11)18-19-15(20)17-10-13-4-2-12(9-16)3-5-13/h2-8H,10H2,1H3,(H,17,19). The molecule has 0 aliphatic heterocycles. The zero-order valence-corrected chi connectivity index (χ0v) is 11.0. The summed E-state index contributed by atoms with van der Waals surface area (Å²) in [5.74, 6) is 0.712. The first kappa shape index (κ1) is 12.2. The second-order valence-corrected chi connectivity index (χ2v) is 4.62. The molecule has 0 aliphatic rings. The van der Waals surface area contributed by atoms with Crippen LogP contribution in [0.3, 0.4) is 0 Å². The minimum absolute atomic E-state index is 0.639. The van der Waals surface area contributed by atoms with Gasteiger partial charge >= 0.3 is 0 Å². The molecule has 2 aromatic heterocycles. The van der Waals surface area contributed by atoms with E-state index in [1.54, 1.807) is 0 Å². The summed E-state index contributed by atoms with van der Waals surface area (Å²) in [6.45, 7) is 2.67. The molecule has 3 aromatic rings. The summed E-state index contributed by atoms with van der Waals surface area (Å²) < 4.78 is 1.91. The van der Waals surface area contributed by atoms with E-state index in [4.69, 9.17) is 5.26 Å². The number of hydrogen-bond donors (Lipinski definition) is 1. The predicted octanol–water partition coefficient (Wildman–Crippen LogP) is 2.52. The summed E-state index contributed by atoms with van der Waals surface area (Å²) >= 11 is 0. The number of pyridine rings is 1. The van der Waals surface area contributed by atoms with Crippen LogP contribution < -0.4 is 5.32 Å². The molecule has 0 spiro atoms. The molecule has 2 heterocycles. The molecular weight excluding hydrogens is 250 g/mol. The molecule has 0 unspecified atom stereocenters. The molecule has 5 nitrogen and oxygen atoms in total. The third-order valence-corrected chi connectivity index (χ3v) is 3.10. The molecule has 20 heavy (non-hydrogen) atoms. The van der Waals surface area contributed by atoms with Gasteiger partial charge in [0.05, 0.1) is 11.6 Å². The van der Waals surface area contributed by atoms with Crippen molar-refractivity contribution in [2.45, 2.75) is 13.5 Å². The molecule has 0 saturated carbocycles. The zero-order chi connectivity index (χ0) is 13.9. The van der Waals surface area contributed by atoms with Crippen LogP contribution in [-0.4, -0.2) is 14.6 Å². The van der Waals surface area contributed by atoms with Gasteiger partial charge in [-0.2, -0.15) is 5.26 Å². The number of hydrogen-bond acceptors (Lipinski definition) is 4. The maximum absolute atomic E-state index is 8.76. The minimum Gasteiger partial charge on any atom is -0.350 e. The van der Waals surface area contributed by atoms with Crippen molar-refractivity contribution in [2.24, 2.45) is 0 Å². The molecule has 5 heteroatoms. The lowest BCUT2D eigenvalue weighted by Gasteiger charge is -2.04. The number of fused-ring (bicyclic) bond motifs is 1. The summed E-state index contributed by atoms with van der Waals surface area (Å²) in [6, 6.07) is 13.6. The molecule has 0 fully saturated rings. The Morgan fingerprint density at radius 3 is 2.75 bits per heavy atom. The van der Waals surface area contributed by atoms with E-state index in [0.717, 1.165) is 16.8 Å². The van der Waals surface area contributed by atoms with Gasteiger partial charge in [0.25, 0.3) is 0 Å². The number of rotatable bonds is 3. The van der Waals surface area contributed by atoms with Gasteiger partial charge in [0, 0.05) is 12.7 Å². The zero-order valence-electron chi connectivity index (χ0n) is 11.0. The lowest BCUT2D eigenvalue weighted by atomic mass is 10.1. The quantitative estimate of drug-likeness (QED) is 0.788. The van der Waals surface area contributed by atoms with Crippen LogP contribution in [0.2, 0.25) is 0 Å². The highest BCUT2D eigenvalue weighted by atomic mass is 15.3. The van der Waals surface area contributed by atoms with Crippen LogP contribution in [0.25, 0.3) is 5.65 Å². The van der Waals surface area contributed by atoms with Crippen LogP contribution in [0.4, 0.5) is 5.95 Å². The Morgan fingerprint density at radius 1 is 1.20 bits per heavy atom. The van der Waals surface area contributed by atoms with Gasteiger partial charge in [0.2, 0.25) is 5.95 Å². The fraction of sp³-hybridized carbons (Fsp3) is 0.133. The fourth-order valence-electron chi connectivity index (χ4n) is 1.99. The molecule has 0 saturated heterocycles. The van der Waals surface area contributed by atoms with E-state index in [2.05, 4.69) is 21.6 Å². The van der Waals surface area contributed by atoms with Gasteiger partial charge in [0.15, 0.2) is 5.65 Å². The van der Waals surface area contributed by atoms with E-state index in [1.165, 1.54) is 0 Å². The van der Waals surface area contributed by atoms with E-state index in [1.807, 2.05) is 53.9 Å². The van der Waals surface area contributed by atoms with Crippen LogP contribution in [-0.2, 0) is 6.54 Å². The maximum Gasteiger partial charge on any atom is 0.229 e. The van der Waals surface area contributed by atoms with Crippen molar-refractivity contribution in [1.29, 1.82) is 5.26 Å². The highest BCUT2D eigenvalue weighted by Gasteiger charge is 2.04. The molecule has 1 N–H and O–H groups in total. The maximum atomic E-state index is 8.76. The molecular formula is C15H13N5. The number of benzene rings is 1. The van der Waals surface area contributed by atoms with Gasteiger partial charge in [-0.05, 0) is 42.3 Å². The predicted molar refractivity (Wildman–Crippen MR) is 76.2 cm³/mol. The van der Waals surface area contributed by atoms with E-state index >= 15 is 0 Å². The third-order valence-electron chi connectivity index (χ3n) is 3.10. The van der Waals surface area contributed by atoms with Crippen LogP contribution >= 0.6 is 0 Å². The van der Waals surface area contributed by atoms with Gasteiger partial charge in [-0.3, -0.25) is 4.40 Å². The van der Waals surface area contributed by atoms with Crippen LogP contribution in [0.5, 0.6) is 0 Å². The second kappa shape index (κ2) is 5.02. The van der Waals surface area contributed by atoms with Crippen LogP contribution in [0.15, 0.2) is 42.6 Å². The van der Waals surface area contributed by atoms with Crippen LogP contribution in [0, 0.1) is 18.3 Å². The summed E-state index contributed by atoms with van der Waals surface area (Å²) in [7, 11) is 0. The van der Waals surface area contributed by atoms with Crippen LogP contribution in [0.1, 0.15) is 16.7 Å². The fourth-order valence-corrected chi connectivity index (χ4v) is 1.99. The lowest BCUT2D eigenvalue weighted by Crippen LogP contribution is -2.03. The number of nitrogens with one attached hydrogen (secondary N) is 1. The number of aromatic nitrogens is 3. The highest BCUT2D eigenvalue weighted by Crippen LogP contribution is 2.11. The Labute approximate surface area is 116 Å². The van der Waals surface area contributed by atoms with Crippen molar-refractivity contribution in [3.8, 4) is 6.07 Å². The largest absolute Gasteiger partial charge is 0.350 e. The topological polar surface area (TPSA) is 66.0 Å². The summed E-state index contributed by atoms with van der Waals surface area (Å²) in [5, 5.41) is 20.3. The number of nitrogens with zero attached hydrogens (tertiary/aromatic N) is 4. The first-order valence-corrected chi connectivity index (χ1v) is 6.30. The Hall–Kier alpha value is -2.87.